The van der Waals surface area contributed by atoms with Crippen LogP contribution in [0, 0.1) is 0 Å². The van der Waals surface area contributed by atoms with Crippen molar-refractivity contribution in [2.24, 2.45) is 0 Å². The number of aliphatic hydroxyl groups is 11. The molecule has 0 saturated carbocycles. The number of hydrogen-bond acceptors (Lipinski definition) is 18. The number of aliphatic hydroxyl groups excluding tert-OH is 11. The Morgan fingerprint density at radius 1 is 0.383 bits per heavy atom. The third-order valence-electron chi connectivity index (χ3n) is 18.5. The summed E-state index contributed by atoms with van der Waals surface area (Å²) in [6.45, 7) is 1.70. The van der Waals surface area contributed by atoms with Crippen molar-refractivity contribution in [2.75, 3.05) is 26.4 Å². The average Bonchev–Trinajstić information content (AvgIpc) is 0.787. The van der Waals surface area contributed by atoms with E-state index >= 15 is 0 Å². The van der Waals surface area contributed by atoms with Crippen LogP contribution in [0.1, 0.15) is 277 Å². The topological polar surface area (TPSA) is 307 Å². The number of carbonyl (C=O) groups is 1. The molecule has 548 valence electrons. The van der Waals surface area contributed by atoms with E-state index in [9.17, 15) is 61.0 Å². The van der Waals surface area contributed by atoms with E-state index in [1.54, 1.807) is 6.08 Å². The smallest absolute Gasteiger partial charge is 0.220 e. The summed E-state index contributed by atoms with van der Waals surface area (Å²) in [7, 11) is 0. The lowest BCUT2D eigenvalue weighted by Gasteiger charge is -2.48. The first kappa shape index (κ1) is 85.7. The summed E-state index contributed by atoms with van der Waals surface area (Å²) in [4.78, 5) is 13.4. The fourth-order valence-electron chi connectivity index (χ4n) is 12.4. The Labute approximate surface area is 566 Å². The summed E-state index contributed by atoms with van der Waals surface area (Å²) < 4.78 is 34.3. The molecule has 1 amide bonds. The number of allylic oxidation sites excluding steroid dienone is 9. The third-order valence-corrected chi connectivity index (χ3v) is 18.5. The minimum Gasteiger partial charge on any atom is -0.394 e. The molecule has 0 aromatic carbocycles. The van der Waals surface area contributed by atoms with Crippen LogP contribution in [0.4, 0.5) is 0 Å². The van der Waals surface area contributed by atoms with Gasteiger partial charge in [-0.2, -0.15) is 0 Å². The van der Waals surface area contributed by atoms with Crippen LogP contribution >= 0.6 is 0 Å². The largest absolute Gasteiger partial charge is 0.394 e. The molecule has 19 nitrogen and oxygen atoms in total. The van der Waals surface area contributed by atoms with Gasteiger partial charge in [0.25, 0.3) is 0 Å². The molecule has 0 spiro atoms. The van der Waals surface area contributed by atoms with Gasteiger partial charge in [-0.3, -0.25) is 4.79 Å². The molecule has 3 fully saturated rings. The van der Waals surface area contributed by atoms with E-state index in [4.69, 9.17) is 28.4 Å². The van der Waals surface area contributed by atoms with Gasteiger partial charge in [-0.15, -0.1) is 0 Å². The van der Waals surface area contributed by atoms with E-state index in [2.05, 4.69) is 67.8 Å². The van der Waals surface area contributed by atoms with Crippen LogP contribution in [0.15, 0.2) is 60.8 Å². The van der Waals surface area contributed by atoms with Crippen molar-refractivity contribution in [3.63, 3.8) is 0 Å². The molecule has 0 radical (unpaired) electrons. The van der Waals surface area contributed by atoms with E-state index in [1.807, 2.05) is 6.08 Å². The molecule has 3 aliphatic rings. The fourth-order valence-corrected chi connectivity index (χ4v) is 12.4. The lowest BCUT2D eigenvalue weighted by Crippen LogP contribution is -2.66. The van der Waals surface area contributed by atoms with Gasteiger partial charge in [0.15, 0.2) is 18.9 Å². The molecular weight excluding hydrogens is 1200 g/mol. The SMILES string of the molecule is CCCCCCC/C=C\C/C=C\CCCCCCCCCCCCCCCCCCCCCCCC(=O)NC(COC1OC(CO)C(OC2OC(CO)C(OC3OC(CO)C(O)C(O)C3O)C(O)C2O)C(O)C1O)C(O)/C=C/CC/C=C/CC/C=C/CCCCCCCC. The Morgan fingerprint density at radius 3 is 1.13 bits per heavy atom. The van der Waals surface area contributed by atoms with Crippen molar-refractivity contribution < 1.29 is 89.4 Å². The first-order valence-corrected chi connectivity index (χ1v) is 37.5. The Bertz CT molecular complexity index is 1940. The van der Waals surface area contributed by atoms with Crippen LogP contribution in [0.3, 0.4) is 0 Å². The van der Waals surface area contributed by atoms with Gasteiger partial charge in [-0.25, -0.2) is 0 Å². The van der Waals surface area contributed by atoms with Crippen molar-refractivity contribution >= 4 is 5.91 Å². The maximum absolute atomic E-state index is 13.4. The Kier molecular flexibility index (Phi) is 51.3. The number of amides is 1. The van der Waals surface area contributed by atoms with Crippen LogP contribution in [0.2, 0.25) is 0 Å². The lowest BCUT2D eigenvalue weighted by molar-refractivity contribution is -0.379. The van der Waals surface area contributed by atoms with Gasteiger partial charge in [0.05, 0.1) is 38.6 Å². The zero-order valence-corrected chi connectivity index (χ0v) is 58.2. The second-order valence-corrected chi connectivity index (χ2v) is 26.7. The van der Waals surface area contributed by atoms with Crippen molar-refractivity contribution in [2.45, 2.75) is 381 Å². The van der Waals surface area contributed by atoms with Crippen LogP contribution in [-0.2, 0) is 33.2 Å². The molecular formula is C75H135NO18. The molecule has 94 heavy (non-hydrogen) atoms. The molecule has 17 atom stereocenters. The molecule has 3 saturated heterocycles. The highest BCUT2D eigenvalue weighted by Gasteiger charge is 2.53. The van der Waals surface area contributed by atoms with E-state index in [0.29, 0.717) is 12.8 Å². The summed E-state index contributed by atoms with van der Waals surface area (Å²) in [6, 6.07) is -0.997. The van der Waals surface area contributed by atoms with E-state index in [0.717, 1.165) is 51.4 Å². The number of carbonyl (C=O) groups excluding carboxylic acids is 1. The molecule has 0 aromatic heterocycles. The Hall–Kier alpha value is -2.51. The minimum absolute atomic E-state index is 0.233. The maximum atomic E-state index is 13.4. The predicted molar refractivity (Wildman–Crippen MR) is 369 cm³/mol. The average molecular weight is 1340 g/mol. The summed E-state index contributed by atoms with van der Waals surface area (Å²) in [5, 5.41) is 121. The fraction of sp³-hybridized carbons (Fsp3) is 0.853. The van der Waals surface area contributed by atoms with Gasteiger partial charge in [0, 0.05) is 6.42 Å². The summed E-state index contributed by atoms with van der Waals surface area (Å²) >= 11 is 0. The number of rotatable bonds is 58. The van der Waals surface area contributed by atoms with E-state index in [1.165, 1.54) is 193 Å². The van der Waals surface area contributed by atoms with Gasteiger partial charge in [-0.05, 0) is 77.0 Å². The van der Waals surface area contributed by atoms with Crippen LogP contribution in [0.5, 0.6) is 0 Å². The van der Waals surface area contributed by atoms with Gasteiger partial charge < -0.3 is 89.9 Å². The first-order chi connectivity index (χ1) is 45.8. The van der Waals surface area contributed by atoms with Crippen molar-refractivity contribution in [1.29, 1.82) is 0 Å². The highest BCUT2D eigenvalue weighted by atomic mass is 16.8. The van der Waals surface area contributed by atoms with Crippen LogP contribution in [0.25, 0.3) is 0 Å². The predicted octanol–water partition coefficient (Wildman–Crippen LogP) is 11.1. The van der Waals surface area contributed by atoms with Crippen molar-refractivity contribution in [3.8, 4) is 0 Å². The number of nitrogens with one attached hydrogen (secondary N) is 1. The second kappa shape index (κ2) is 56.3. The molecule has 3 heterocycles. The summed E-state index contributed by atoms with van der Waals surface area (Å²) in [5.41, 5.74) is 0. The monoisotopic (exact) mass is 1340 g/mol. The van der Waals surface area contributed by atoms with Crippen LogP contribution in [-0.4, -0.2) is 193 Å². The molecule has 17 unspecified atom stereocenters. The van der Waals surface area contributed by atoms with E-state index < -0.39 is 124 Å². The van der Waals surface area contributed by atoms with Gasteiger partial charge in [0.1, 0.15) is 73.2 Å². The number of unbranched alkanes of at least 4 members (excludes halogenated alkanes) is 34. The normalized spacial score (nSPS) is 27.7. The zero-order valence-electron chi connectivity index (χ0n) is 58.2. The molecule has 3 aliphatic heterocycles. The molecule has 0 bridgehead atoms. The van der Waals surface area contributed by atoms with E-state index in [-0.39, 0.29) is 18.9 Å². The summed E-state index contributed by atoms with van der Waals surface area (Å²) in [6.07, 6.45) is 43.6. The maximum Gasteiger partial charge on any atom is 0.220 e. The number of hydrogen-bond donors (Lipinski definition) is 12. The molecule has 0 aliphatic carbocycles. The van der Waals surface area contributed by atoms with Gasteiger partial charge >= 0.3 is 0 Å². The molecule has 12 N–H and O–H groups in total. The first-order valence-electron chi connectivity index (χ1n) is 37.5. The molecule has 3 rings (SSSR count). The Balaban J connectivity index is 1.36. The second-order valence-electron chi connectivity index (χ2n) is 26.7. The Morgan fingerprint density at radius 2 is 0.713 bits per heavy atom. The van der Waals surface area contributed by atoms with Crippen LogP contribution < -0.4 is 5.32 Å². The molecule has 19 heteroatoms. The minimum atomic E-state index is -1.98. The highest BCUT2D eigenvalue weighted by Crippen LogP contribution is 2.33. The van der Waals surface area contributed by atoms with Gasteiger partial charge in [0.2, 0.25) is 5.91 Å². The number of ether oxygens (including phenoxy) is 6. The van der Waals surface area contributed by atoms with Crippen molar-refractivity contribution in [1.82, 2.24) is 5.32 Å². The quantitative estimate of drug-likeness (QED) is 0.0199. The van der Waals surface area contributed by atoms with Crippen molar-refractivity contribution in [3.05, 3.63) is 60.8 Å². The third kappa shape index (κ3) is 37.1. The summed E-state index contributed by atoms with van der Waals surface area (Å²) in [5.74, 6) is -0.287. The van der Waals surface area contributed by atoms with Gasteiger partial charge in [-0.1, -0.05) is 254 Å². The standard InChI is InChI=1S/C75H135NO18/c1-3-5-7-9-11-13-15-17-19-21-22-23-24-25-26-27-28-29-30-31-32-33-34-35-36-37-39-41-43-45-47-49-51-53-63(81)76-58(59(80)52-50-48-46-44-42-40-38-20-18-16-14-12-10-8-6-4-2)57-89-73-69(87)66(84)71(61(55-78)91-73)94-75-70(88)67(85)72(62(56-79)92-75)93-74-68(86)65(83)64(82)60(54-77)90-74/h15,17-18,20-22,42,44,50,52,58-62,64-75,77-80,82-88H,3-14,16,19,23-41,43,45-49,51,53-57H2,1-2H3,(H,76,81)/b17-15-,20-18+,22-21-,44-42+,52-50+. The highest BCUT2D eigenvalue weighted by molar-refractivity contribution is 5.76. The zero-order chi connectivity index (χ0) is 68.2. The molecule has 0 aromatic rings. The lowest BCUT2D eigenvalue weighted by atomic mass is 9.96.